The lowest BCUT2D eigenvalue weighted by molar-refractivity contribution is 0.414. The van der Waals surface area contributed by atoms with E-state index in [0.717, 1.165) is 41.4 Å². The quantitative estimate of drug-likeness (QED) is 0.497. The first-order valence-electron chi connectivity index (χ1n) is 9.61. The number of methoxy groups -OCH3 is 1. The largest absolute Gasteiger partial charge is 0.506 e. The number of anilines is 1. The molecule has 4 aromatic rings. The van der Waals surface area contributed by atoms with Gasteiger partial charge in [0.05, 0.1) is 24.7 Å². The Morgan fingerprint density at radius 1 is 1.00 bits per heavy atom. The van der Waals surface area contributed by atoms with E-state index in [-0.39, 0.29) is 5.75 Å². The molecular weight excluding hydrogens is 364 g/mol. The number of imidazole rings is 1. The summed E-state index contributed by atoms with van der Waals surface area (Å²) in [6, 6.07) is 19.6. The summed E-state index contributed by atoms with van der Waals surface area (Å²) in [5.41, 5.74) is 4.63. The molecule has 2 aromatic heterocycles. The van der Waals surface area contributed by atoms with E-state index in [1.165, 1.54) is 5.56 Å². The van der Waals surface area contributed by atoms with E-state index in [9.17, 15) is 5.11 Å². The number of fused-ring (bicyclic) bond motifs is 1. The molecule has 0 aliphatic carbocycles. The molecule has 0 aliphatic heterocycles. The van der Waals surface area contributed by atoms with Crippen LogP contribution in [0, 0.1) is 6.92 Å². The van der Waals surface area contributed by atoms with Crippen LogP contribution in [0.25, 0.3) is 11.0 Å². The zero-order chi connectivity index (χ0) is 20.2. The van der Waals surface area contributed by atoms with Crippen molar-refractivity contribution in [2.45, 2.75) is 19.9 Å². The van der Waals surface area contributed by atoms with Crippen molar-refractivity contribution in [3.8, 4) is 11.5 Å². The molecule has 2 heterocycles. The third-order valence-electron chi connectivity index (χ3n) is 4.91. The summed E-state index contributed by atoms with van der Waals surface area (Å²) in [6.45, 7) is 3.10. The van der Waals surface area contributed by atoms with Crippen molar-refractivity contribution in [3.05, 3.63) is 77.6 Å². The molecule has 2 N–H and O–H groups in total. The molecule has 0 aliphatic rings. The Bertz CT molecular complexity index is 1120. The first kappa shape index (κ1) is 18.8. The Kier molecular flexibility index (Phi) is 5.33. The van der Waals surface area contributed by atoms with E-state index in [4.69, 9.17) is 9.72 Å². The van der Waals surface area contributed by atoms with Gasteiger partial charge >= 0.3 is 0 Å². The third-order valence-corrected chi connectivity index (χ3v) is 4.91. The van der Waals surface area contributed by atoms with Gasteiger partial charge in [-0.1, -0.05) is 24.3 Å². The van der Waals surface area contributed by atoms with Gasteiger partial charge in [0.2, 0.25) is 5.95 Å². The average molecular weight is 388 g/mol. The fourth-order valence-electron chi connectivity index (χ4n) is 3.35. The van der Waals surface area contributed by atoms with E-state index in [1.807, 2.05) is 43.3 Å². The monoisotopic (exact) mass is 388 g/mol. The van der Waals surface area contributed by atoms with Gasteiger partial charge in [-0.25, -0.2) is 4.98 Å². The predicted octanol–water partition coefficient (Wildman–Crippen LogP) is 4.16. The van der Waals surface area contributed by atoms with Crippen LogP contribution in [0.4, 0.5) is 5.95 Å². The number of aromatic hydroxyl groups is 1. The highest BCUT2D eigenvalue weighted by molar-refractivity contribution is 5.78. The van der Waals surface area contributed by atoms with Crippen LogP contribution in [0.1, 0.15) is 17.0 Å². The van der Waals surface area contributed by atoms with Crippen molar-refractivity contribution in [2.24, 2.45) is 0 Å². The Morgan fingerprint density at radius 2 is 1.79 bits per heavy atom. The number of pyridine rings is 1. The number of aromatic nitrogens is 3. The number of nitrogens with zero attached hydrogens (tertiary/aromatic N) is 3. The zero-order valence-corrected chi connectivity index (χ0v) is 16.6. The second-order valence-electron chi connectivity index (χ2n) is 6.95. The van der Waals surface area contributed by atoms with Gasteiger partial charge in [-0.15, -0.1) is 0 Å². The molecule has 148 valence electrons. The molecule has 0 saturated carbocycles. The summed E-state index contributed by atoms with van der Waals surface area (Å²) in [5.74, 6) is 1.81. The lowest BCUT2D eigenvalue weighted by atomic mass is 10.1. The molecule has 0 bridgehead atoms. The second kappa shape index (κ2) is 8.22. The van der Waals surface area contributed by atoms with Gasteiger partial charge in [0, 0.05) is 12.2 Å². The molecule has 0 amide bonds. The van der Waals surface area contributed by atoms with E-state index in [0.29, 0.717) is 12.2 Å². The van der Waals surface area contributed by atoms with E-state index in [2.05, 4.69) is 27.0 Å². The third kappa shape index (κ3) is 4.16. The predicted molar refractivity (Wildman–Crippen MR) is 115 cm³/mol. The maximum absolute atomic E-state index is 10.2. The Labute approximate surface area is 169 Å². The molecule has 6 heteroatoms. The van der Waals surface area contributed by atoms with Crippen LogP contribution < -0.4 is 10.1 Å². The Morgan fingerprint density at radius 3 is 2.59 bits per heavy atom. The normalized spacial score (nSPS) is 11.0. The summed E-state index contributed by atoms with van der Waals surface area (Å²) in [7, 11) is 1.67. The topological polar surface area (TPSA) is 72.2 Å². The SMILES string of the molecule is COc1ccc(CCNc2nc3ccccc3n2Cc2nc(C)ccc2O)cc1. The molecule has 0 fully saturated rings. The van der Waals surface area contributed by atoms with E-state index >= 15 is 0 Å². The van der Waals surface area contributed by atoms with Crippen LogP contribution in [-0.4, -0.2) is 33.3 Å². The minimum atomic E-state index is 0.192. The first-order valence-corrected chi connectivity index (χ1v) is 9.61. The summed E-state index contributed by atoms with van der Waals surface area (Å²) < 4.78 is 7.27. The highest BCUT2D eigenvalue weighted by Crippen LogP contribution is 2.24. The van der Waals surface area contributed by atoms with Crippen LogP contribution >= 0.6 is 0 Å². The molecule has 2 aromatic carbocycles. The minimum absolute atomic E-state index is 0.192. The summed E-state index contributed by atoms with van der Waals surface area (Å²) >= 11 is 0. The second-order valence-corrected chi connectivity index (χ2v) is 6.95. The molecule has 29 heavy (non-hydrogen) atoms. The van der Waals surface area contributed by atoms with E-state index < -0.39 is 0 Å². The molecule has 0 spiro atoms. The highest BCUT2D eigenvalue weighted by Gasteiger charge is 2.13. The van der Waals surface area contributed by atoms with Crippen LogP contribution in [0.5, 0.6) is 11.5 Å². The lowest BCUT2D eigenvalue weighted by Crippen LogP contribution is -2.12. The number of aryl methyl sites for hydroxylation is 1. The zero-order valence-electron chi connectivity index (χ0n) is 16.6. The number of hydrogen-bond donors (Lipinski definition) is 2. The van der Waals surface area contributed by atoms with Crippen molar-refractivity contribution < 1.29 is 9.84 Å². The van der Waals surface area contributed by atoms with Crippen molar-refractivity contribution in [1.82, 2.24) is 14.5 Å². The fourth-order valence-corrected chi connectivity index (χ4v) is 3.35. The van der Waals surface area contributed by atoms with Gasteiger partial charge in [-0.05, 0) is 55.3 Å². The molecule has 0 unspecified atom stereocenters. The van der Waals surface area contributed by atoms with Gasteiger partial charge < -0.3 is 19.7 Å². The number of nitrogens with one attached hydrogen (secondary N) is 1. The van der Waals surface area contributed by atoms with E-state index in [1.54, 1.807) is 19.2 Å². The Hall–Kier alpha value is -3.54. The Balaban J connectivity index is 1.56. The van der Waals surface area contributed by atoms with Crippen LogP contribution in [0.15, 0.2) is 60.7 Å². The number of benzene rings is 2. The minimum Gasteiger partial charge on any atom is -0.506 e. The highest BCUT2D eigenvalue weighted by atomic mass is 16.5. The number of para-hydroxylation sites is 2. The summed E-state index contributed by atoms with van der Waals surface area (Å²) in [6.07, 6.45) is 0.862. The van der Waals surface area contributed by atoms with Crippen molar-refractivity contribution in [3.63, 3.8) is 0 Å². The van der Waals surface area contributed by atoms with Gasteiger partial charge in [-0.2, -0.15) is 0 Å². The van der Waals surface area contributed by atoms with Gasteiger partial charge in [0.25, 0.3) is 0 Å². The lowest BCUT2D eigenvalue weighted by Gasteiger charge is -2.12. The van der Waals surface area contributed by atoms with Crippen molar-refractivity contribution in [2.75, 3.05) is 19.0 Å². The standard InChI is InChI=1S/C23H24N4O2/c1-16-7-12-22(28)20(25-16)15-27-21-6-4-3-5-19(21)26-23(27)24-14-13-17-8-10-18(29-2)11-9-17/h3-12,28H,13-15H2,1-2H3,(H,24,26). The smallest absolute Gasteiger partial charge is 0.204 e. The maximum atomic E-state index is 10.2. The number of ether oxygens (including phenoxy) is 1. The molecule has 0 saturated heterocycles. The molecule has 4 rings (SSSR count). The molecule has 0 atom stereocenters. The number of hydrogen-bond acceptors (Lipinski definition) is 5. The fraction of sp³-hybridized carbons (Fsp3) is 0.217. The van der Waals surface area contributed by atoms with Gasteiger partial charge in [-0.3, -0.25) is 4.98 Å². The first-order chi connectivity index (χ1) is 14.1. The molecule has 0 radical (unpaired) electrons. The average Bonchev–Trinajstić information content (AvgIpc) is 3.08. The van der Waals surface area contributed by atoms with Crippen LogP contribution in [0.3, 0.4) is 0 Å². The summed E-state index contributed by atoms with van der Waals surface area (Å²) in [4.78, 5) is 9.24. The molecule has 6 nitrogen and oxygen atoms in total. The van der Waals surface area contributed by atoms with Crippen LogP contribution in [-0.2, 0) is 13.0 Å². The van der Waals surface area contributed by atoms with Gasteiger partial charge in [0.1, 0.15) is 17.2 Å². The summed E-state index contributed by atoms with van der Waals surface area (Å²) in [5, 5.41) is 13.7. The number of rotatable bonds is 7. The van der Waals surface area contributed by atoms with Crippen molar-refractivity contribution in [1.29, 1.82) is 0 Å². The molecular formula is C23H24N4O2. The van der Waals surface area contributed by atoms with Crippen molar-refractivity contribution >= 4 is 17.0 Å². The van der Waals surface area contributed by atoms with Crippen LogP contribution in [0.2, 0.25) is 0 Å². The van der Waals surface area contributed by atoms with Gasteiger partial charge in [0.15, 0.2) is 0 Å². The maximum Gasteiger partial charge on any atom is 0.204 e.